The van der Waals surface area contributed by atoms with Crippen LogP contribution in [0.5, 0.6) is 0 Å². The van der Waals surface area contributed by atoms with Gasteiger partial charge in [0.25, 0.3) is 5.91 Å². The molecule has 4 rings (SSSR count). The van der Waals surface area contributed by atoms with E-state index in [1.165, 1.54) is 12.4 Å². The summed E-state index contributed by atoms with van der Waals surface area (Å²) in [6.45, 7) is 3.71. The van der Waals surface area contributed by atoms with E-state index in [-0.39, 0.29) is 23.6 Å². The molecule has 1 aliphatic carbocycles. The zero-order valence-electron chi connectivity index (χ0n) is 15.9. The predicted octanol–water partition coefficient (Wildman–Crippen LogP) is 2.32. The molecule has 1 aliphatic heterocycles. The summed E-state index contributed by atoms with van der Waals surface area (Å²) in [6, 6.07) is 4.40. The highest BCUT2D eigenvalue weighted by Gasteiger charge is 2.51. The lowest BCUT2D eigenvalue weighted by atomic mass is 9.78. The quantitative estimate of drug-likeness (QED) is 0.870. The molecule has 2 aliphatic rings. The Balaban J connectivity index is 1.45. The van der Waals surface area contributed by atoms with Crippen LogP contribution in [0.15, 0.2) is 35.1 Å². The largest absolute Gasteiger partial charge is 0.465 e. The van der Waals surface area contributed by atoms with Gasteiger partial charge in [-0.2, -0.15) is 0 Å². The smallest absolute Gasteiger partial charge is 0.271 e. The van der Waals surface area contributed by atoms with Crippen molar-refractivity contribution < 1.29 is 13.9 Å². The van der Waals surface area contributed by atoms with Crippen LogP contribution < -0.4 is 5.32 Å². The minimum atomic E-state index is -0.163. The van der Waals surface area contributed by atoms with E-state index in [0.717, 1.165) is 50.3 Å². The summed E-state index contributed by atoms with van der Waals surface area (Å²) in [5.74, 6) is 1.74. The Morgan fingerprint density at radius 3 is 3.00 bits per heavy atom. The first-order valence-corrected chi connectivity index (χ1v) is 9.51. The maximum atomic E-state index is 12.5. The van der Waals surface area contributed by atoms with Crippen molar-refractivity contribution in [3.63, 3.8) is 0 Å². The second-order valence-electron chi connectivity index (χ2n) is 7.55. The van der Waals surface area contributed by atoms with E-state index >= 15 is 0 Å². The van der Waals surface area contributed by atoms with Gasteiger partial charge in [-0.3, -0.25) is 14.7 Å². The molecular formula is C20H26N4O3. The number of amides is 1. The van der Waals surface area contributed by atoms with Crippen molar-refractivity contribution in [1.29, 1.82) is 0 Å². The molecule has 3 heterocycles. The summed E-state index contributed by atoms with van der Waals surface area (Å²) in [4.78, 5) is 23.0. The molecule has 27 heavy (non-hydrogen) atoms. The number of methoxy groups -OCH3 is 1. The minimum absolute atomic E-state index is 0.103. The highest BCUT2D eigenvalue weighted by Crippen LogP contribution is 2.43. The Kier molecular flexibility index (Phi) is 4.97. The lowest BCUT2D eigenvalue weighted by molar-refractivity contribution is -0.0684. The number of carbonyl (C=O) groups is 1. The van der Waals surface area contributed by atoms with Crippen LogP contribution in [0.4, 0.5) is 0 Å². The number of hydrogen-bond acceptors (Lipinski definition) is 6. The van der Waals surface area contributed by atoms with E-state index in [9.17, 15) is 4.79 Å². The molecule has 7 nitrogen and oxygen atoms in total. The van der Waals surface area contributed by atoms with E-state index in [1.807, 2.05) is 26.2 Å². The molecule has 0 aromatic carbocycles. The molecule has 0 radical (unpaired) electrons. The number of furan rings is 1. The normalized spacial score (nSPS) is 28.1. The highest BCUT2D eigenvalue weighted by molar-refractivity contribution is 5.92. The lowest BCUT2D eigenvalue weighted by Crippen LogP contribution is -2.54. The van der Waals surface area contributed by atoms with Crippen molar-refractivity contribution in [2.24, 2.45) is 0 Å². The van der Waals surface area contributed by atoms with Gasteiger partial charge >= 0.3 is 0 Å². The zero-order valence-corrected chi connectivity index (χ0v) is 15.9. The molecule has 144 valence electrons. The van der Waals surface area contributed by atoms with Gasteiger partial charge in [0.2, 0.25) is 0 Å². The molecule has 2 aromatic heterocycles. The second-order valence-corrected chi connectivity index (χ2v) is 7.55. The van der Waals surface area contributed by atoms with Gasteiger partial charge in [-0.25, -0.2) is 4.98 Å². The monoisotopic (exact) mass is 370 g/mol. The predicted molar refractivity (Wildman–Crippen MR) is 99.1 cm³/mol. The first kappa shape index (κ1) is 18.1. The summed E-state index contributed by atoms with van der Waals surface area (Å²) < 4.78 is 11.8. The molecule has 0 bridgehead atoms. The fraction of sp³-hybridized carbons (Fsp3) is 0.550. The molecular weight excluding hydrogens is 344 g/mol. The molecule has 2 aromatic rings. The molecule has 7 heteroatoms. The third-order valence-electron chi connectivity index (χ3n) is 5.99. The standard InChI is InChI=1S/C20H26N4O3/c1-14-3-4-16(27-14)13-24-10-7-20(26-2)6-5-15(11-18(20)24)23-19(25)17-12-21-8-9-22-17/h3-4,8-9,12,15,18H,5-7,10-11,13H2,1-2H3,(H,23,25)/t15-,18+,20-/m1/s1. The van der Waals surface area contributed by atoms with Gasteiger partial charge in [0.1, 0.15) is 17.2 Å². The van der Waals surface area contributed by atoms with E-state index in [4.69, 9.17) is 9.15 Å². The number of likely N-dealkylation sites (tertiary alicyclic amines) is 1. The van der Waals surface area contributed by atoms with Crippen LogP contribution in [0.1, 0.15) is 47.7 Å². The van der Waals surface area contributed by atoms with Crippen LogP contribution >= 0.6 is 0 Å². The van der Waals surface area contributed by atoms with Crippen molar-refractivity contribution in [3.05, 3.63) is 47.9 Å². The fourth-order valence-electron chi connectivity index (χ4n) is 4.56. The van der Waals surface area contributed by atoms with Gasteiger partial charge in [0, 0.05) is 38.1 Å². The second kappa shape index (κ2) is 7.40. The Labute approximate surface area is 159 Å². The third-order valence-corrected chi connectivity index (χ3v) is 5.99. The average Bonchev–Trinajstić information content (AvgIpc) is 3.27. The Morgan fingerprint density at radius 1 is 1.41 bits per heavy atom. The fourth-order valence-corrected chi connectivity index (χ4v) is 4.56. The molecule has 1 N–H and O–H groups in total. The van der Waals surface area contributed by atoms with Gasteiger partial charge in [0.05, 0.1) is 18.3 Å². The number of nitrogens with one attached hydrogen (secondary N) is 1. The number of aryl methyl sites for hydroxylation is 1. The summed E-state index contributed by atoms with van der Waals surface area (Å²) in [7, 11) is 1.81. The summed E-state index contributed by atoms with van der Waals surface area (Å²) >= 11 is 0. The highest BCUT2D eigenvalue weighted by atomic mass is 16.5. The number of fused-ring (bicyclic) bond motifs is 1. The van der Waals surface area contributed by atoms with E-state index < -0.39 is 0 Å². The number of ether oxygens (including phenoxy) is 1. The Bertz CT molecular complexity index is 794. The van der Waals surface area contributed by atoms with Crippen LogP contribution in [-0.2, 0) is 11.3 Å². The number of nitrogens with zero attached hydrogens (tertiary/aromatic N) is 3. The number of rotatable bonds is 5. The van der Waals surface area contributed by atoms with Crippen molar-refractivity contribution in [1.82, 2.24) is 20.2 Å². The zero-order chi connectivity index (χ0) is 18.9. The first-order valence-electron chi connectivity index (χ1n) is 9.51. The van der Waals surface area contributed by atoms with Crippen LogP contribution in [-0.4, -0.2) is 52.1 Å². The Hall–Kier alpha value is -2.25. The summed E-state index contributed by atoms with van der Waals surface area (Å²) in [5, 5.41) is 3.13. The number of carbonyl (C=O) groups excluding carboxylic acids is 1. The van der Waals surface area contributed by atoms with Gasteiger partial charge in [-0.1, -0.05) is 0 Å². The van der Waals surface area contributed by atoms with Crippen molar-refractivity contribution in [3.8, 4) is 0 Å². The average molecular weight is 370 g/mol. The molecule has 0 unspecified atom stereocenters. The number of hydrogen-bond donors (Lipinski definition) is 1. The van der Waals surface area contributed by atoms with Gasteiger partial charge < -0.3 is 14.5 Å². The molecule has 3 atom stereocenters. The summed E-state index contributed by atoms with van der Waals surface area (Å²) in [6.07, 6.45) is 8.32. The van der Waals surface area contributed by atoms with Crippen molar-refractivity contribution in [2.45, 2.75) is 56.8 Å². The minimum Gasteiger partial charge on any atom is -0.465 e. The van der Waals surface area contributed by atoms with Crippen LogP contribution in [0, 0.1) is 6.92 Å². The van der Waals surface area contributed by atoms with Gasteiger partial charge in [0.15, 0.2) is 0 Å². The van der Waals surface area contributed by atoms with Crippen LogP contribution in [0.25, 0.3) is 0 Å². The first-order chi connectivity index (χ1) is 13.1. The Morgan fingerprint density at radius 2 is 2.30 bits per heavy atom. The lowest BCUT2D eigenvalue weighted by Gasteiger charge is -2.43. The molecule has 0 spiro atoms. The molecule has 1 saturated heterocycles. The maximum Gasteiger partial charge on any atom is 0.271 e. The maximum absolute atomic E-state index is 12.5. The van der Waals surface area contributed by atoms with Crippen molar-refractivity contribution in [2.75, 3.05) is 13.7 Å². The van der Waals surface area contributed by atoms with E-state index in [0.29, 0.717) is 5.69 Å². The number of aromatic nitrogens is 2. The van der Waals surface area contributed by atoms with Crippen LogP contribution in [0.2, 0.25) is 0 Å². The van der Waals surface area contributed by atoms with Crippen LogP contribution in [0.3, 0.4) is 0 Å². The van der Waals surface area contributed by atoms with E-state index in [1.54, 1.807) is 6.20 Å². The molecule has 1 saturated carbocycles. The molecule has 2 fully saturated rings. The molecule has 1 amide bonds. The SMILES string of the molecule is CO[C@@]12CC[C@@H](NC(=O)c3cnccn3)C[C@@H]1N(Cc1ccc(C)o1)CC2. The third kappa shape index (κ3) is 3.61. The van der Waals surface area contributed by atoms with Gasteiger partial charge in [-0.05, 0) is 44.7 Å². The van der Waals surface area contributed by atoms with Gasteiger partial charge in [-0.15, -0.1) is 0 Å². The summed E-state index contributed by atoms with van der Waals surface area (Å²) in [5.41, 5.74) is 0.227. The van der Waals surface area contributed by atoms with E-state index in [2.05, 4.69) is 20.2 Å². The van der Waals surface area contributed by atoms with Crippen molar-refractivity contribution >= 4 is 5.91 Å². The topological polar surface area (TPSA) is 80.5 Å².